The van der Waals surface area contributed by atoms with E-state index in [1.54, 1.807) is 6.20 Å². The number of rotatable bonds is 5. The van der Waals surface area contributed by atoms with E-state index in [2.05, 4.69) is 17.3 Å². The van der Waals surface area contributed by atoms with Crippen molar-refractivity contribution in [1.82, 2.24) is 9.78 Å². The smallest absolute Gasteiger partial charge is 0.307 e. The number of ether oxygens (including phenoxy) is 1. The Morgan fingerprint density at radius 3 is 2.88 bits per heavy atom. The summed E-state index contributed by atoms with van der Waals surface area (Å²) in [4.78, 5) is 24.8. The third-order valence-electron chi connectivity index (χ3n) is 5.33. The predicted molar refractivity (Wildman–Crippen MR) is 90.5 cm³/mol. The zero-order valence-corrected chi connectivity index (χ0v) is 14.6. The standard InChI is InChI=1S/C18H27N3O3/c1-3-4-10-21-16(13(2)12-19-21)20-17(23)14-11-15(22)24-18(14)8-6-5-7-9-18/h12,14H,3-11H2,1-2H3,(H,20,23). The molecular formula is C18H27N3O3. The van der Waals surface area contributed by atoms with Crippen molar-refractivity contribution in [2.45, 2.75) is 77.4 Å². The third-order valence-corrected chi connectivity index (χ3v) is 5.33. The molecule has 1 aromatic rings. The first-order chi connectivity index (χ1) is 11.6. The third kappa shape index (κ3) is 3.19. The summed E-state index contributed by atoms with van der Waals surface area (Å²) in [6.45, 7) is 4.85. The lowest BCUT2D eigenvalue weighted by molar-refractivity contribution is -0.153. The van der Waals surface area contributed by atoms with Crippen LogP contribution >= 0.6 is 0 Å². The molecule has 1 spiro atoms. The number of aromatic nitrogens is 2. The summed E-state index contributed by atoms with van der Waals surface area (Å²) in [5, 5.41) is 7.39. The van der Waals surface area contributed by atoms with Crippen molar-refractivity contribution in [3.63, 3.8) is 0 Å². The molecule has 24 heavy (non-hydrogen) atoms. The molecule has 1 amide bonds. The Balaban J connectivity index is 1.77. The Hall–Kier alpha value is -1.85. The summed E-state index contributed by atoms with van der Waals surface area (Å²) < 4.78 is 7.50. The number of nitrogens with zero attached hydrogens (tertiary/aromatic N) is 2. The Labute approximate surface area is 142 Å². The molecule has 0 radical (unpaired) electrons. The molecule has 6 heteroatoms. The first-order valence-corrected chi connectivity index (χ1v) is 9.11. The highest BCUT2D eigenvalue weighted by molar-refractivity contribution is 5.96. The molecular weight excluding hydrogens is 306 g/mol. The van der Waals surface area contributed by atoms with Gasteiger partial charge in [-0.2, -0.15) is 5.10 Å². The molecule has 2 aliphatic rings. The van der Waals surface area contributed by atoms with Gasteiger partial charge in [-0.05, 0) is 39.0 Å². The van der Waals surface area contributed by atoms with Crippen LogP contribution in [0.2, 0.25) is 0 Å². The van der Waals surface area contributed by atoms with Crippen LogP contribution in [0, 0.1) is 12.8 Å². The predicted octanol–water partition coefficient (Wildman–Crippen LogP) is 3.20. The molecule has 0 bridgehead atoms. The van der Waals surface area contributed by atoms with Gasteiger partial charge in [0, 0.05) is 12.1 Å². The van der Waals surface area contributed by atoms with Crippen molar-refractivity contribution in [3.8, 4) is 0 Å². The Morgan fingerprint density at radius 2 is 2.17 bits per heavy atom. The van der Waals surface area contributed by atoms with Crippen LogP contribution < -0.4 is 5.32 Å². The van der Waals surface area contributed by atoms with Crippen molar-refractivity contribution in [3.05, 3.63) is 11.8 Å². The van der Waals surface area contributed by atoms with E-state index in [-0.39, 0.29) is 24.2 Å². The monoisotopic (exact) mass is 333 g/mol. The van der Waals surface area contributed by atoms with Crippen LogP contribution in [0.3, 0.4) is 0 Å². The molecule has 1 aliphatic carbocycles. The number of hydrogen-bond acceptors (Lipinski definition) is 4. The number of amides is 1. The van der Waals surface area contributed by atoms with E-state index in [0.29, 0.717) is 0 Å². The van der Waals surface area contributed by atoms with Crippen molar-refractivity contribution in [2.24, 2.45) is 5.92 Å². The van der Waals surface area contributed by atoms with Crippen LogP contribution in [0.4, 0.5) is 5.82 Å². The van der Waals surface area contributed by atoms with Gasteiger partial charge in [-0.25, -0.2) is 4.68 Å². The number of nitrogens with one attached hydrogen (secondary N) is 1. The molecule has 1 unspecified atom stereocenters. The second kappa shape index (κ2) is 6.95. The van der Waals surface area contributed by atoms with Crippen LogP contribution in [-0.2, 0) is 20.9 Å². The lowest BCUT2D eigenvalue weighted by Crippen LogP contribution is -2.43. The van der Waals surface area contributed by atoms with Gasteiger partial charge in [0.25, 0.3) is 0 Å². The van der Waals surface area contributed by atoms with Gasteiger partial charge in [0.05, 0.1) is 18.5 Å². The lowest BCUT2D eigenvalue weighted by Gasteiger charge is -2.36. The molecule has 1 N–H and O–H groups in total. The Bertz CT molecular complexity index is 617. The maximum absolute atomic E-state index is 12.9. The molecule has 2 heterocycles. The molecule has 1 saturated carbocycles. The van der Waals surface area contributed by atoms with Gasteiger partial charge < -0.3 is 10.1 Å². The number of esters is 1. The fraction of sp³-hybridized carbons (Fsp3) is 0.722. The highest BCUT2D eigenvalue weighted by Gasteiger charge is 2.52. The van der Waals surface area contributed by atoms with Gasteiger partial charge in [-0.1, -0.05) is 19.8 Å². The molecule has 1 atom stereocenters. The maximum Gasteiger partial charge on any atom is 0.307 e. The molecule has 1 saturated heterocycles. The first kappa shape index (κ1) is 17.0. The normalized spacial score (nSPS) is 22.6. The molecule has 1 aromatic heterocycles. The summed E-state index contributed by atoms with van der Waals surface area (Å²) in [5.41, 5.74) is 0.365. The van der Waals surface area contributed by atoms with E-state index in [9.17, 15) is 9.59 Å². The van der Waals surface area contributed by atoms with Gasteiger partial charge in [0.2, 0.25) is 5.91 Å². The van der Waals surface area contributed by atoms with Gasteiger partial charge in [0.1, 0.15) is 11.4 Å². The minimum Gasteiger partial charge on any atom is -0.458 e. The molecule has 6 nitrogen and oxygen atoms in total. The Morgan fingerprint density at radius 1 is 1.42 bits per heavy atom. The van der Waals surface area contributed by atoms with Gasteiger partial charge in [-0.15, -0.1) is 0 Å². The maximum atomic E-state index is 12.9. The zero-order chi connectivity index (χ0) is 17.2. The van der Waals surface area contributed by atoms with Crippen molar-refractivity contribution < 1.29 is 14.3 Å². The average Bonchev–Trinajstić information content (AvgIpc) is 3.07. The minimum atomic E-state index is -0.582. The minimum absolute atomic E-state index is 0.107. The summed E-state index contributed by atoms with van der Waals surface area (Å²) >= 11 is 0. The van der Waals surface area contributed by atoms with Gasteiger partial charge in [-0.3, -0.25) is 9.59 Å². The van der Waals surface area contributed by atoms with Crippen LogP contribution in [-0.4, -0.2) is 27.3 Å². The average molecular weight is 333 g/mol. The van der Waals surface area contributed by atoms with Crippen LogP contribution in [0.25, 0.3) is 0 Å². The molecule has 1 aliphatic heterocycles. The number of carbonyl (C=O) groups excluding carboxylic acids is 2. The van der Waals surface area contributed by atoms with Crippen LogP contribution in [0.15, 0.2) is 6.20 Å². The van der Waals surface area contributed by atoms with Crippen LogP contribution in [0.1, 0.15) is 63.9 Å². The highest BCUT2D eigenvalue weighted by Crippen LogP contribution is 2.44. The second-order valence-electron chi connectivity index (χ2n) is 7.10. The number of unbranched alkanes of at least 4 members (excludes halogenated alkanes) is 1. The first-order valence-electron chi connectivity index (χ1n) is 9.11. The molecule has 2 fully saturated rings. The van der Waals surface area contributed by atoms with Crippen molar-refractivity contribution in [2.75, 3.05) is 5.32 Å². The van der Waals surface area contributed by atoms with E-state index in [0.717, 1.165) is 62.9 Å². The summed E-state index contributed by atoms with van der Waals surface area (Å²) in [6.07, 6.45) is 8.83. The zero-order valence-electron chi connectivity index (χ0n) is 14.6. The fourth-order valence-corrected chi connectivity index (χ4v) is 3.95. The van der Waals surface area contributed by atoms with E-state index < -0.39 is 5.60 Å². The molecule has 132 valence electrons. The SMILES string of the molecule is CCCCn1ncc(C)c1NC(=O)C1CC(=O)OC12CCCCC2. The number of aryl methyl sites for hydroxylation is 2. The fourth-order valence-electron chi connectivity index (χ4n) is 3.95. The summed E-state index contributed by atoms with van der Waals surface area (Å²) in [6, 6.07) is 0. The molecule has 3 rings (SSSR count). The quantitative estimate of drug-likeness (QED) is 0.840. The van der Waals surface area contributed by atoms with E-state index >= 15 is 0 Å². The lowest BCUT2D eigenvalue weighted by atomic mass is 9.75. The summed E-state index contributed by atoms with van der Waals surface area (Å²) in [7, 11) is 0. The second-order valence-corrected chi connectivity index (χ2v) is 7.10. The van der Waals surface area contributed by atoms with Crippen LogP contribution in [0.5, 0.6) is 0 Å². The Kier molecular flexibility index (Phi) is 4.92. The number of hydrogen-bond donors (Lipinski definition) is 1. The number of anilines is 1. The van der Waals surface area contributed by atoms with Crippen molar-refractivity contribution >= 4 is 17.7 Å². The van der Waals surface area contributed by atoms with E-state index in [1.165, 1.54) is 0 Å². The van der Waals surface area contributed by atoms with Gasteiger partial charge in [0.15, 0.2) is 0 Å². The number of carbonyl (C=O) groups is 2. The van der Waals surface area contributed by atoms with Gasteiger partial charge >= 0.3 is 5.97 Å². The summed E-state index contributed by atoms with van der Waals surface area (Å²) in [5.74, 6) is 0.00958. The van der Waals surface area contributed by atoms with Crippen molar-refractivity contribution in [1.29, 1.82) is 0 Å². The highest BCUT2D eigenvalue weighted by atomic mass is 16.6. The topological polar surface area (TPSA) is 73.2 Å². The largest absolute Gasteiger partial charge is 0.458 e. The van der Waals surface area contributed by atoms with E-state index in [1.807, 2.05) is 11.6 Å². The molecule has 0 aromatic carbocycles. The van der Waals surface area contributed by atoms with E-state index in [4.69, 9.17) is 4.74 Å².